The van der Waals surface area contributed by atoms with Crippen LogP contribution in [0.25, 0.3) is 0 Å². The van der Waals surface area contributed by atoms with Gasteiger partial charge in [0.1, 0.15) is 5.75 Å². The highest BCUT2D eigenvalue weighted by Crippen LogP contribution is 2.42. The SMILES string of the molecule is O=C1Oc2ccccc2[C@@H]2CN(Cc3ccccc3)C[C@@H]12. The van der Waals surface area contributed by atoms with Crippen LogP contribution in [0.2, 0.25) is 0 Å². The molecule has 21 heavy (non-hydrogen) atoms. The molecule has 0 saturated carbocycles. The van der Waals surface area contributed by atoms with Gasteiger partial charge in [0.25, 0.3) is 0 Å². The van der Waals surface area contributed by atoms with Crippen molar-refractivity contribution in [2.75, 3.05) is 13.1 Å². The summed E-state index contributed by atoms with van der Waals surface area (Å²) < 4.78 is 5.48. The molecule has 3 heteroatoms. The minimum absolute atomic E-state index is 0.0244. The lowest BCUT2D eigenvalue weighted by atomic mass is 9.86. The number of hydrogen-bond acceptors (Lipinski definition) is 3. The molecular weight excluding hydrogens is 262 g/mol. The summed E-state index contributed by atoms with van der Waals surface area (Å²) in [6, 6.07) is 18.3. The lowest BCUT2D eigenvalue weighted by Gasteiger charge is -2.25. The minimum Gasteiger partial charge on any atom is -0.426 e. The van der Waals surface area contributed by atoms with Crippen LogP contribution in [-0.4, -0.2) is 24.0 Å². The van der Waals surface area contributed by atoms with E-state index in [-0.39, 0.29) is 17.8 Å². The standard InChI is InChI=1S/C18H17NO2/c20-18-16-12-19(10-13-6-2-1-3-7-13)11-15(16)14-8-4-5-9-17(14)21-18/h1-9,15-16H,10-12H2/t15-,16+/m0/s1. The van der Waals surface area contributed by atoms with E-state index in [0.717, 1.165) is 25.4 Å². The second-order valence-corrected chi connectivity index (χ2v) is 5.85. The van der Waals surface area contributed by atoms with Crippen molar-refractivity contribution in [1.29, 1.82) is 0 Å². The van der Waals surface area contributed by atoms with Gasteiger partial charge >= 0.3 is 5.97 Å². The number of fused-ring (bicyclic) bond motifs is 3. The summed E-state index contributed by atoms with van der Waals surface area (Å²) >= 11 is 0. The zero-order valence-electron chi connectivity index (χ0n) is 11.7. The molecule has 4 rings (SSSR count). The Balaban J connectivity index is 1.58. The predicted octanol–water partition coefficient (Wildman–Crippen LogP) is 2.82. The van der Waals surface area contributed by atoms with E-state index in [0.29, 0.717) is 0 Å². The molecule has 3 nitrogen and oxygen atoms in total. The lowest BCUT2D eigenvalue weighted by molar-refractivity contribution is -0.140. The van der Waals surface area contributed by atoms with Crippen molar-refractivity contribution in [3.8, 4) is 5.75 Å². The smallest absolute Gasteiger partial charge is 0.316 e. The number of esters is 1. The Morgan fingerprint density at radius 2 is 1.67 bits per heavy atom. The van der Waals surface area contributed by atoms with Gasteiger partial charge in [-0.1, -0.05) is 48.5 Å². The fourth-order valence-electron chi connectivity index (χ4n) is 3.47. The van der Waals surface area contributed by atoms with Gasteiger partial charge in [-0.2, -0.15) is 0 Å². The van der Waals surface area contributed by atoms with Crippen molar-refractivity contribution in [2.45, 2.75) is 12.5 Å². The molecule has 2 aromatic rings. The first-order chi connectivity index (χ1) is 10.3. The second-order valence-electron chi connectivity index (χ2n) is 5.85. The van der Waals surface area contributed by atoms with Gasteiger partial charge in [-0.15, -0.1) is 0 Å². The fourth-order valence-corrected chi connectivity index (χ4v) is 3.47. The quantitative estimate of drug-likeness (QED) is 0.625. The number of benzene rings is 2. The Morgan fingerprint density at radius 3 is 2.52 bits per heavy atom. The van der Waals surface area contributed by atoms with E-state index < -0.39 is 0 Å². The number of likely N-dealkylation sites (tertiary alicyclic amines) is 1. The Morgan fingerprint density at radius 1 is 0.952 bits per heavy atom. The van der Waals surface area contributed by atoms with Crippen molar-refractivity contribution >= 4 is 5.97 Å². The monoisotopic (exact) mass is 279 g/mol. The molecule has 106 valence electrons. The van der Waals surface area contributed by atoms with Crippen LogP contribution >= 0.6 is 0 Å². The molecule has 1 fully saturated rings. The third-order valence-electron chi connectivity index (χ3n) is 4.48. The van der Waals surface area contributed by atoms with Crippen molar-refractivity contribution in [3.05, 3.63) is 65.7 Å². The first-order valence-electron chi connectivity index (χ1n) is 7.38. The van der Waals surface area contributed by atoms with Crippen LogP contribution in [0.5, 0.6) is 5.75 Å². The Labute approximate surface area is 124 Å². The zero-order chi connectivity index (χ0) is 14.2. The maximum Gasteiger partial charge on any atom is 0.316 e. The average Bonchev–Trinajstić information content (AvgIpc) is 2.93. The van der Waals surface area contributed by atoms with Crippen molar-refractivity contribution in [1.82, 2.24) is 4.90 Å². The first kappa shape index (κ1) is 12.6. The third kappa shape index (κ3) is 2.24. The number of carbonyl (C=O) groups excluding carboxylic acids is 1. The van der Waals surface area contributed by atoms with E-state index in [4.69, 9.17) is 4.74 Å². The number of hydrogen-bond donors (Lipinski definition) is 0. The number of nitrogens with zero attached hydrogens (tertiary/aromatic N) is 1. The molecular formula is C18H17NO2. The summed E-state index contributed by atoms with van der Waals surface area (Å²) in [6.07, 6.45) is 0. The van der Waals surface area contributed by atoms with Crippen molar-refractivity contribution in [3.63, 3.8) is 0 Å². The van der Waals surface area contributed by atoms with Gasteiger partial charge < -0.3 is 4.74 Å². The van der Waals surface area contributed by atoms with E-state index in [1.165, 1.54) is 11.1 Å². The van der Waals surface area contributed by atoms with Crippen LogP contribution in [0.1, 0.15) is 17.0 Å². The molecule has 0 unspecified atom stereocenters. The lowest BCUT2D eigenvalue weighted by Crippen LogP contribution is -2.31. The minimum atomic E-state index is -0.0748. The molecule has 2 aliphatic heterocycles. The molecule has 0 aliphatic carbocycles. The van der Waals surface area contributed by atoms with Crippen LogP contribution in [-0.2, 0) is 11.3 Å². The van der Waals surface area contributed by atoms with E-state index in [2.05, 4.69) is 35.2 Å². The third-order valence-corrected chi connectivity index (χ3v) is 4.48. The Kier molecular flexibility index (Phi) is 3.00. The van der Waals surface area contributed by atoms with Gasteiger partial charge in [0.05, 0.1) is 5.92 Å². The topological polar surface area (TPSA) is 29.5 Å². The predicted molar refractivity (Wildman–Crippen MR) is 80.0 cm³/mol. The zero-order valence-corrected chi connectivity index (χ0v) is 11.7. The van der Waals surface area contributed by atoms with E-state index in [1.54, 1.807) is 0 Å². The van der Waals surface area contributed by atoms with Crippen LogP contribution in [0, 0.1) is 5.92 Å². The highest BCUT2D eigenvalue weighted by atomic mass is 16.5. The summed E-state index contributed by atoms with van der Waals surface area (Å²) in [6.45, 7) is 2.60. The maximum atomic E-state index is 12.2. The molecule has 2 atom stereocenters. The number of carbonyl (C=O) groups is 1. The molecule has 2 aromatic carbocycles. The molecule has 0 radical (unpaired) electrons. The van der Waals surface area contributed by atoms with Gasteiger partial charge in [0, 0.05) is 31.1 Å². The van der Waals surface area contributed by atoms with Gasteiger partial charge in [-0.3, -0.25) is 9.69 Å². The van der Waals surface area contributed by atoms with Gasteiger partial charge in [0.15, 0.2) is 0 Å². The molecule has 0 bridgehead atoms. The highest BCUT2D eigenvalue weighted by molar-refractivity contribution is 5.80. The summed E-state index contributed by atoms with van der Waals surface area (Å²) in [4.78, 5) is 14.5. The largest absolute Gasteiger partial charge is 0.426 e. The summed E-state index contributed by atoms with van der Waals surface area (Å²) in [5.74, 6) is 0.911. The number of rotatable bonds is 2. The average molecular weight is 279 g/mol. The summed E-state index contributed by atoms with van der Waals surface area (Å²) in [5, 5.41) is 0. The summed E-state index contributed by atoms with van der Waals surface area (Å²) in [5.41, 5.74) is 2.47. The van der Waals surface area contributed by atoms with E-state index in [9.17, 15) is 4.79 Å². The highest BCUT2D eigenvalue weighted by Gasteiger charge is 2.43. The first-order valence-corrected chi connectivity index (χ1v) is 7.38. The molecule has 0 N–H and O–H groups in total. The van der Waals surface area contributed by atoms with E-state index in [1.807, 2.05) is 24.3 Å². The summed E-state index contributed by atoms with van der Waals surface area (Å²) in [7, 11) is 0. The fraction of sp³-hybridized carbons (Fsp3) is 0.278. The number of ether oxygens (including phenoxy) is 1. The molecule has 0 amide bonds. The molecule has 2 aliphatic rings. The van der Waals surface area contributed by atoms with Gasteiger partial charge in [-0.25, -0.2) is 0 Å². The van der Waals surface area contributed by atoms with Crippen molar-refractivity contribution < 1.29 is 9.53 Å². The van der Waals surface area contributed by atoms with Gasteiger partial charge in [0.2, 0.25) is 0 Å². The van der Waals surface area contributed by atoms with E-state index >= 15 is 0 Å². The molecule has 0 spiro atoms. The van der Waals surface area contributed by atoms with Crippen LogP contribution in [0.15, 0.2) is 54.6 Å². The van der Waals surface area contributed by atoms with Crippen LogP contribution in [0.4, 0.5) is 0 Å². The van der Waals surface area contributed by atoms with Crippen LogP contribution in [0.3, 0.4) is 0 Å². The van der Waals surface area contributed by atoms with Crippen LogP contribution < -0.4 is 4.74 Å². The molecule has 0 aromatic heterocycles. The normalized spacial score (nSPS) is 24.3. The van der Waals surface area contributed by atoms with Gasteiger partial charge in [-0.05, 0) is 11.6 Å². The number of para-hydroxylation sites is 1. The second kappa shape index (κ2) is 5.01. The molecule has 1 saturated heterocycles. The molecule has 2 heterocycles. The Bertz CT molecular complexity index is 668. The van der Waals surface area contributed by atoms with Crippen molar-refractivity contribution in [2.24, 2.45) is 5.92 Å². The Hall–Kier alpha value is -2.13. The maximum absolute atomic E-state index is 12.2.